The normalized spacial score (nSPS) is 19.0. The maximum absolute atomic E-state index is 13.8. The molecule has 3 rings (SSSR count). The summed E-state index contributed by atoms with van der Waals surface area (Å²) in [5, 5.41) is 3.21. The van der Waals surface area contributed by atoms with Crippen LogP contribution in [0.4, 0.5) is 8.78 Å². The molecule has 0 aromatic heterocycles. The highest BCUT2D eigenvalue weighted by molar-refractivity contribution is 5.82. The average molecular weight is 394 g/mol. The average Bonchev–Trinajstić information content (AvgIpc) is 2.73. The Morgan fingerprint density at radius 1 is 1.18 bits per heavy atom. The van der Waals surface area contributed by atoms with Gasteiger partial charge in [-0.3, -0.25) is 4.79 Å². The molecule has 2 saturated heterocycles. The highest BCUT2D eigenvalue weighted by atomic mass is 19.1. The molecule has 1 aromatic carbocycles. The fraction of sp³-hybridized carbons (Fsp3) is 0.600. The van der Waals surface area contributed by atoms with Crippen molar-refractivity contribution in [1.29, 1.82) is 0 Å². The highest BCUT2D eigenvalue weighted by Gasteiger charge is 2.30. The molecule has 1 aromatic rings. The Kier molecular flexibility index (Phi) is 7.19. The van der Waals surface area contributed by atoms with E-state index in [0.29, 0.717) is 51.9 Å². The highest BCUT2D eigenvalue weighted by Crippen LogP contribution is 2.21. The van der Waals surface area contributed by atoms with Gasteiger partial charge < -0.3 is 19.9 Å². The van der Waals surface area contributed by atoms with Gasteiger partial charge in [0.2, 0.25) is 5.91 Å². The van der Waals surface area contributed by atoms with Crippen molar-refractivity contribution in [3.63, 3.8) is 0 Å². The van der Waals surface area contributed by atoms with Crippen LogP contribution in [0.15, 0.2) is 23.2 Å². The third kappa shape index (κ3) is 5.19. The van der Waals surface area contributed by atoms with Gasteiger partial charge >= 0.3 is 0 Å². The second kappa shape index (κ2) is 9.82. The van der Waals surface area contributed by atoms with E-state index in [-0.39, 0.29) is 23.9 Å². The van der Waals surface area contributed by atoms with Gasteiger partial charge in [0.15, 0.2) is 5.96 Å². The zero-order valence-electron chi connectivity index (χ0n) is 16.3. The summed E-state index contributed by atoms with van der Waals surface area (Å²) in [6.07, 6.45) is 1.52. The van der Waals surface area contributed by atoms with Crippen molar-refractivity contribution in [2.75, 3.05) is 45.9 Å². The number of piperidine rings is 1. The van der Waals surface area contributed by atoms with Gasteiger partial charge in [0.05, 0.1) is 19.8 Å². The Labute approximate surface area is 164 Å². The van der Waals surface area contributed by atoms with E-state index in [1.807, 2.05) is 11.8 Å². The third-order valence-corrected chi connectivity index (χ3v) is 5.21. The molecule has 8 heteroatoms. The van der Waals surface area contributed by atoms with Crippen molar-refractivity contribution in [3.05, 3.63) is 35.4 Å². The number of aliphatic imine (C=N–C) groups is 1. The minimum atomic E-state index is -0.473. The predicted octanol–water partition coefficient (Wildman–Crippen LogP) is 2.00. The predicted molar refractivity (Wildman–Crippen MR) is 103 cm³/mol. The van der Waals surface area contributed by atoms with Crippen LogP contribution in [0.1, 0.15) is 25.3 Å². The first-order valence-electron chi connectivity index (χ1n) is 9.92. The SMILES string of the molecule is CCNC(=NCc1cc(F)ccc1F)N1CCC(C(=O)N2CCOCC2)CC1. The van der Waals surface area contributed by atoms with E-state index in [1.54, 1.807) is 0 Å². The summed E-state index contributed by atoms with van der Waals surface area (Å²) in [6.45, 7) is 6.68. The number of guanidine groups is 1. The lowest BCUT2D eigenvalue weighted by Gasteiger charge is -2.36. The molecule has 0 saturated carbocycles. The lowest BCUT2D eigenvalue weighted by Crippen LogP contribution is -2.50. The van der Waals surface area contributed by atoms with E-state index in [4.69, 9.17) is 4.74 Å². The summed E-state index contributed by atoms with van der Waals surface area (Å²) < 4.78 is 32.5. The fourth-order valence-electron chi connectivity index (χ4n) is 3.63. The second-order valence-electron chi connectivity index (χ2n) is 7.10. The van der Waals surface area contributed by atoms with E-state index in [2.05, 4.69) is 15.2 Å². The summed E-state index contributed by atoms with van der Waals surface area (Å²) in [5.41, 5.74) is 0.229. The second-order valence-corrected chi connectivity index (χ2v) is 7.10. The molecule has 0 aliphatic carbocycles. The molecule has 2 aliphatic heterocycles. The zero-order chi connectivity index (χ0) is 19.9. The van der Waals surface area contributed by atoms with Crippen molar-refractivity contribution in [2.24, 2.45) is 10.9 Å². The Bertz CT molecular complexity index is 699. The number of likely N-dealkylation sites (tertiary alicyclic amines) is 1. The van der Waals surface area contributed by atoms with Crippen LogP contribution in [0.25, 0.3) is 0 Å². The van der Waals surface area contributed by atoms with Crippen molar-refractivity contribution < 1.29 is 18.3 Å². The van der Waals surface area contributed by atoms with Gasteiger partial charge in [-0.1, -0.05) is 0 Å². The molecular formula is C20H28F2N4O2. The van der Waals surface area contributed by atoms with Crippen molar-refractivity contribution in [2.45, 2.75) is 26.3 Å². The van der Waals surface area contributed by atoms with Crippen LogP contribution < -0.4 is 5.32 Å². The number of nitrogens with zero attached hydrogens (tertiary/aromatic N) is 3. The smallest absolute Gasteiger partial charge is 0.225 e. The van der Waals surface area contributed by atoms with Crippen molar-refractivity contribution in [1.82, 2.24) is 15.1 Å². The maximum Gasteiger partial charge on any atom is 0.225 e. The van der Waals surface area contributed by atoms with Crippen molar-refractivity contribution in [3.8, 4) is 0 Å². The number of carbonyl (C=O) groups is 1. The number of carbonyl (C=O) groups excluding carboxylic acids is 1. The zero-order valence-corrected chi connectivity index (χ0v) is 16.3. The largest absolute Gasteiger partial charge is 0.378 e. The first kappa shape index (κ1) is 20.5. The van der Waals surface area contributed by atoms with Gasteiger partial charge in [-0.05, 0) is 38.0 Å². The van der Waals surface area contributed by atoms with Gasteiger partial charge in [-0.15, -0.1) is 0 Å². The minimum absolute atomic E-state index is 0.0258. The number of nitrogens with one attached hydrogen (secondary N) is 1. The third-order valence-electron chi connectivity index (χ3n) is 5.21. The van der Waals surface area contributed by atoms with Gasteiger partial charge in [0, 0.05) is 44.2 Å². The summed E-state index contributed by atoms with van der Waals surface area (Å²) in [6, 6.07) is 3.40. The minimum Gasteiger partial charge on any atom is -0.378 e. The Morgan fingerprint density at radius 3 is 2.57 bits per heavy atom. The van der Waals surface area contributed by atoms with Crippen LogP contribution in [-0.4, -0.2) is 67.6 Å². The Morgan fingerprint density at radius 2 is 1.89 bits per heavy atom. The molecule has 2 heterocycles. The Balaban J connectivity index is 1.59. The number of halogens is 2. The number of benzene rings is 1. The van der Waals surface area contributed by atoms with Crippen LogP contribution >= 0.6 is 0 Å². The van der Waals surface area contributed by atoms with E-state index < -0.39 is 11.6 Å². The maximum atomic E-state index is 13.8. The molecular weight excluding hydrogens is 366 g/mol. The number of hydrogen-bond acceptors (Lipinski definition) is 3. The molecule has 0 bridgehead atoms. The van der Waals surface area contributed by atoms with Crippen LogP contribution in [-0.2, 0) is 16.1 Å². The molecule has 0 unspecified atom stereocenters. The quantitative estimate of drug-likeness (QED) is 0.627. The van der Waals surface area contributed by atoms with Crippen LogP contribution in [0.2, 0.25) is 0 Å². The Hall–Kier alpha value is -2.22. The van der Waals surface area contributed by atoms with E-state index >= 15 is 0 Å². The van der Waals surface area contributed by atoms with Crippen LogP contribution in [0.5, 0.6) is 0 Å². The molecule has 1 amide bonds. The van der Waals surface area contributed by atoms with Crippen LogP contribution in [0, 0.1) is 17.6 Å². The van der Waals surface area contributed by atoms with Gasteiger partial charge in [0.1, 0.15) is 11.6 Å². The van der Waals surface area contributed by atoms with Crippen molar-refractivity contribution >= 4 is 11.9 Å². The number of amides is 1. The molecule has 2 fully saturated rings. The topological polar surface area (TPSA) is 57.2 Å². The summed E-state index contributed by atoms with van der Waals surface area (Å²) in [4.78, 5) is 21.1. The van der Waals surface area contributed by atoms with E-state index in [1.165, 1.54) is 6.07 Å². The molecule has 28 heavy (non-hydrogen) atoms. The van der Waals surface area contributed by atoms with Gasteiger partial charge in [0.25, 0.3) is 0 Å². The molecule has 0 radical (unpaired) electrons. The van der Waals surface area contributed by atoms with Gasteiger partial charge in [-0.25, -0.2) is 13.8 Å². The molecule has 0 atom stereocenters. The molecule has 1 N–H and O–H groups in total. The molecule has 154 valence electrons. The number of morpholine rings is 1. The van der Waals surface area contributed by atoms with Crippen LogP contribution in [0.3, 0.4) is 0 Å². The van der Waals surface area contributed by atoms with E-state index in [0.717, 1.165) is 25.0 Å². The molecule has 2 aliphatic rings. The fourth-order valence-corrected chi connectivity index (χ4v) is 3.63. The lowest BCUT2D eigenvalue weighted by molar-refractivity contribution is -0.140. The first-order valence-corrected chi connectivity index (χ1v) is 9.92. The molecule has 6 nitrogen and oxygen atoms in total. The standard InChI is InChI=1S/C20H28F2N4O2/c1-2-23-20(24-14-16-13-17(21)3-4-18(16)22)26-7-5-15(6-8-26)19(27)25-9-11-28-12-10-25/h3-4,13,15H,2,5-12,14H2,1H3,(H,23,24). The lowest BCUT2D eigenvalue weighted by atomic mass is 9.95. The first-order chi connectivity index (χ1) is 13.6. The molecule has 0 spiro atoms. The number of rotatable bonds is 4. The number of ether oxygens (including phenoxy) is 1. The monoisotopic (exact) mass is 394 g/mol. The van der Waals surface area contributed by atoms with Gasteiger partial charge in [-0.2, -0.15) is 0 Å². The number of hydrogen-bond donors (Lipinski definition) is 1. The summed E-state index contributed by atoms with van der Waals surface area (Å²) in [5.74, 6) is -0.0251. The van der Waals surface area contributed by atoms with E-state index in [9.17, 15) is 13.6 Å². The summed E-state index contributed by atoms with van der Waals surface area (Å²) in [7, 11) is 0. The summed E-state index contributed by atoms with van der Waals surface area (Å²) >= 11 is 0.